The van der Waals surface area contributed by atoms with Gasteiger partial charge in [-0.25, -0.2) is 49.3 Å². The predicted octanol–water partition coefficient (Wildman–Crippen LogP) is 8.05. The van der Waals surface area contributed by atoms with Crippen molar-refractivity contribution in [2.75, 3.05) is 14.2 Å². The van der Waals surface area contributed by atoms with E-state index in [0.717, 1.165) is 72.1 Å². The van der Waals surface area contributed by atoms with Gasteiger partial charge in [-0.2, -0.15) is 0 Å². The lowest BCUT2D eigenvalue weighted by atomic mass is 10.3. The van der Waals surface area contributed by atoms with Crippen LogP contribution in [0.3, 0.4) is 0 Å². The Morgan fingerprint density at radius 2 is 0.966 bits per heavy atom. The van der Waals surface area contributed by atoms with Gasteiger partial charge in [0.15, 0.2) is 61.2 Å². The molecule has 0 spiro atoms. The van der Waals surface area contributed by atoms with E-state index in [1.807, 2.05) is 12.1 Å². The van der Waals surface area contributed by atoms with Crippen molar-refractivity contribution >= 4 is 52.8 Å². The van der Waals surface area contributed by atoms with E-state index in [-0.39, 0.29) is 24.3 Å². The van der Waals surface area contributed by atoms with Crippen molar-refractivity contribution in [2.24, 2.45) is 0 Å². The summed E-state index contributed by atoms with van der Waals surface area (Å²) in [4.78, 5) is 11.2. The van der Waals surface area contributed by atoms with Crippen LogP contribution >= 0.6 is 23.5 Å². The number of rotatable bonds is 3. The standard InChI is InChI=1S/C18H10F4NOS2.C12H4F4OS2.C6H7NO.BF3.FH/c1-24-18-3-2-9(8-23-18)26-16-6-12(21)10(19)4-14(16)25-15-5-11(20)13(22)7-17(15)26;13-5-1-9-11(3-7(5)15)19(17)12-4-8(16)6(14)2-10(12)18-9;1-8-6-4-2-3-5-7-6;2-1(3)4;/h2-8H,1H3;1-4H;2-5H,1H3;;1H/q+1;;;;/p-1. The number of fused-ring (bicyclic) bond motifs is 4. The van der Waals surface area contributed by atoms with E-state index in [1.54, 1.807) is 31.5 Å². The molecule has 0 atom stereocenters. The van der Waals surface area contributed by atoms with Crippen LogP contribution in [0.2, 0.25) is 0 Å². The van der Waals surface area contributed by atoms with Gasteiger partial charge in [-0.3, -0.25) is 12.9 Å². The Morgan fingerprint density at radius 3 is 1.34 bits per heavy atom. The van der Waals surface area contributed by atoms with Crippen molar-refractivity contribution in [2.45, 2.75) is 44.1 Å². The smallest absolute Gasteiger partial charge is 0.762 e. The number of hydrogen-bond donors (Lipinski definition) is 0. The summed E-state index contributed by atoms with van der Waals surface area (Å²) < 4.78 is 159. The van der Waals surface area contributed by atoms with E-state index >= 15 is 0 Å². The molecule has 5 nitrogen and oxygen atoms in total. The second-order valence-electron chi connectivity index (χ2n) is 10.8. The van der Waals surface area contributed by atoms with Gasteiger partial charge in [0.1, 0.15) is 10.9 Å². The van der Waals surface area contributed by atoms with Crippen LogP contribution in [0.15, 0.2) is 135 Å². The van der Waals surface area contributed by atoms with Gasteiger partial charge >= 0.3 is 7.54 Å². The largest absolute Gasteiger partial charge is 1.00 e. The highest BCUT2D eigenvalue weighted by Crippen LogP contribution is 2.49. The van der Waals surface area contributed by atoms with Crippen LogP contribution in [0, 0.1) is 46.5 Å². The van der Waals surface area contributed by atoms with E-state index in [2.05, 4.69) is 9.97 Å². The maximum atomic E-state index is 13.9. The molecule has 0 aliphatic carbocycles. The molecule has 2 aliphatic heterocycles. The number of nitrogens with zero attached hydrogens (tertiary/aromatic N) is 2. The maximum Gasteiger partial charge on any atom is 0.762 e. The highest BCUT2D eigenvalue weighted by atomic mass is 32.2. The monoisotopic (exact) mass is 896 g/mol. The molecular formula is C36H21BF12N2O3S4. The zero-order chi connectivity index (χ0) is 41.6. The number of methoxy groups -OCH3 is 2. The fourth-order valence-electron chi connectivity index (χ4n) is 4.77. The predicted molar refractivity (Wildman–Crippen MR) is 191 cm³/mol. The lowest BCUT2D eigenvalue weighted by molar-refractivity contribution is -0.0000200. The second kappa shape index (κ2) is 20.3. The molecule has 8 rings (SSSR count). The molecule has 0 saturated heterocycles. The Morgan fingerprint density at radius 1 is 0.569 bits per heavy atom. The van der Waals surface area contributed by atoms with Gasteiger partial charge in [0.2, 0.25) is 11.8 Å². The number of benzene rings is 4. The van der Waals surface area contributed by atoms with Crippen molar-refractivity contribution in [3.8, 4) is 11.8 Å². The highest BCUT2D eigenvalue weighted by Gasteiger charge is 2.41. The van der Waals surface area contributed by atoms with Gasteiger partial charge in [-0.15, -0.1) is 0 Å². The van der Waals surface area contributed by atoms with E-state index in [0.29, 0.717) is 36.2 Å². The summed E-state index contributed by atoms with van der Waals surface area (Å²) in [5.41, 5.74) is 0. The van der Waals surface area contributed by atoms with Crippen LogP contribution < -0.4 is 14.2 Å². The van der Waals surface area contributed by atoms with Gasteiger partial charge in [0.05, 0.1) is 50.8 Å². The SMILES string of the molecule is COc1ccc([S+]2c3cc(F)c(F)cc3Sc3cc(F)c(F)cc32)cn1.COc1ccccn1.FB(F)F.O=S1c2cc(F)c(F)cc2Sc2cc(F)c(F)cc21.[F-]. The molecule has 58 heavy (non-hydrogen) atoms. The van der Waals surface area contributed by atoms with Crippen LogP contribution in [0.1, 0.15) is 0 Å². The molecule has 22 heteroatoms. The first-order valence-corrected chi connectivity index (χ1v) is 19.5. The highest BCUT2D eigenvalue weighted by molar-refractivity contribution is 8.04. The lowest BCUT2D eigenvalue weighted by Crippen LogP contribution is -3.00. The van der Waals surface area contributed by atoms with Crippen LogP contribution in [0.4, 0.5) is 48.1 Å². The minimum Gasteiger partial charge on any atom is -1.00 e. The molecule has 0 amide bonds. The molecule has 304 valence electrons. The van der Waals surface area contributed by atoms with E-state index in [1.165, 1.54) is 13.3 Å². The number of halogens is 12. The molecule has 0 unspecified atom stereocenters. The molecule has 0 radical (unpaired) electrons. The van der Waals surface area contributed by atoms with Crippen molar-refractivity contribution in [3.05, 3.63) is 138 Å². The third kappa shape index (κ3) is 10.8. The topological polar surface area (TPSA) is 61.3 Å². The van der Waals surface area contributed by atoms with Crippen LogP contribution in [-0.4, -0.2) is 35.9 Å². The minimum absolute atomic E-state index is 0. The number of aromatic nitrogens is 2. The van der Waals surface area contributed by atoms with Gasteiger partial charge in [0.25, 0.3) is 0 Å². The summed E-state index contributed by atoms with van der Waals surface area (Å²) >= 11 is 2.01. The number of ether oxygens (including phenoxy) is 2. The van der Waals surface area contributed by atoms with Gasteiger partial charge in [0, 0.05) is 46.3 Å². The van der Waals surface area contributed by atoms with Crippen molar-refractivity contribution in [1.82, 2.24) is 9.97 Å². The first kappa shape index (κ1) is 45.9. The Hall–Kier alpha value is -4.80. The fourth-order valence-corrected chi connectivity index (χ4v) is 11.2. The quantitative estimate of drug-likeness (QED) is 0.101. The Balaban J connectivity index is 0.000000203. The minimum atomic E-state index is -3.67. The maximum absolute atomic E-state index is 13.9. The van der Waals surface area contributed by atoms with Gasteiger partial charge in [-0.1, -0.05) is 29.6 Å². The van der Waals surface area contributed by atoms with Crippen molar-refractivity contribution < 1.29 is 66.5 Å². The van der Waals surface area contributed by atoms with E-state index in [4.69, 9.17) is 9.47 Å². The second-order valence-corrected chi connectivity index (χ2v) is 16.3. The zero-order valence-electron chi connectivity index (χ0n) is 29.0. The Bertz CT molecular complexity index is 2300. The average Bonchev–Trinajstić information content (AvgIpc) is 3.18. The molecular weight excluding hydrogens is 875 g/mol. The molecule has 6 aromatic rings. The summed E-state index contributed by atoms with van der Waals surface area (Å²) in [6.45, 7) is 0. The summed E-state index contributed by atoms with van der Waals surface area (Å²) in [6, 6.07) is 16.7. The Labute approximate surface area is 335 Å². The van der Waals surface area contributed by atoms with Gasteiger partial charge in [-0.05, 0) is 42.5 Å². The number of hydrogen-bond acceptors (Lipinski definition) is 7. The first-order chi connectivity index (χ1) is 27.1. The van der Waals surface area contributed by atoms with Crippen molar-refractivity contribution in [3.63, 3.8) is 0 Å². The van der Waals surface area contributed by atoms with Crippen LogP contribution in [-0.2, 0) is 21.7 Å². The molecule has 0 N–H and O–H groups in total. The normalized spacial score (nSPS) is 12.2. The van der Waals surface area contributed by atoms with Crippen molar-refractivity contribution in [1.29, 1.82) is 0 Å². The summed E-state index contributed by atoms with van der Waals surface area (Å²) in [5, 5.41) is 0. The first-order valence-electron chi connectivity index (χ1n) is 15.5. The third-order valence-electron chi connectivity index (χ3n) is 7.23. The lowest BCUT2D eigenvalue weighted by Gasteiger charge is -2.19. The average molecular weight is 897 g/mol. The van der Waals surface area contributed by atoms with E-state index < -0.39 is 75.8 Å². The molecule has 4 heterocycles. The molecule has 0 bridgehead atoms. The Kier molecular flexibility index (Phi) is 16.0. The summed E-state index contributed by atoms with van der Waals surface area (Å²) in [5.74, 6) is -7.31. The summed E-state index contributed by atoms with van der Waals surface area (Å²) in [7, 11) is -3.41. The van der Waals surface area contributed by atoms with E-state index in [9.17, 15) is 52.3 Å². The fraction of sp³-hybridized carbons (Fsp3) is 0.0556. The number of pyridine rings is 2. The molecule has 0 fully saturated rings. The third-order valence-corrected chi connectivity index (χ3v) is 13.7. The molecule has 2 aromatic heterocycles. The van der Waals surface area contributed by atoms with Crippen LogP contribution in [0.25, 0.3) is 0 Å². The van der Waals surface area contributed by atoms with Crippen LogP contribution in [0.5, 0.6) is 11.8 Å². The summed E-state index contributed by atoms with van der Waals surface area (Å²) in [6.07, 6.45) is 3.23. The molecule has 0 saturated carbocycles. The molecule has 4 aromatic carbocycles. The van der Waals surface area contributed by atoms with Gasteiger partial charge < -0.3 is 14.2 Å². The molecule has 2 aliphatic rings. The zero-order valence-corrected chi connectivity index (χ0v) is 32.3.